The van der Waals surface area contributed by atoms with E-state index in [-0.39, 0.29) is 23.5 Å². The van der Waals surface area contributed by atoms with Crippen molar-refractivity contribution in [3.05, 3.63) is 0 Å². The van der Waals surface area contributed by atoms with Crippen LogP contribution in [0.1, 0.15) is 48.0 Å². The van der Waals surface area contributed by atoms with E-state index in [1.54, 1.807) is 0 Å². The Morgan fingerprint density at radius 2 is 1.50 bits per heavy atom. The molecule has 1 aliphatic rings. The van der Waals surface area contributed by atoms with E-state index in [0.29, 0.717) is 12.2 Å². The molecule has 1 saturated heterocycles. The van der Waals surface area contributed by atoms with Gasteiger partial charge in [-0.05, 0) is 20.8 Å². The van der Waals surface area contributed by atoms with Crippen molar-refractivity contribution in [2.45, 2.75) is 53.6 Å². The molecule has 0 aliphatic carbocycles. The molecule has 0 atom stereocenters. The van der Waals surface area contributed by atoms with Gasteiger partial charge in [-0.3, -0.25) is 14.5 Å². The third-order valence-corrected chi connectivity index (χ3v) is 3.85. The maximum absolute atomic E-state index is 12.1. The van der Waals surface area contributed by atoms with Crippen molar-refractivity contribution in [2.75, 3.05) is 39.3 Å². The zero-order valence-corrected chi connectivity index (χ0v) is 15.1. The number of amides is 1. The van der Waals surface area contributed by atoms with Crippen molar-refractivity contribution in [1.82, 2.24) is 9.80 Å². The number of piperazine rings is 1. The second-order valence-electron chi connectivity index (χ2n) is 8.05. The molecule has 0 N–H and O–H groups in total. The number of ketones is 1. The summed E-state index contributed by atoms with van der Waals surface area (Å²) in [6, 6.07) is 0. The highest BCUT2D eigenvalue weighted by molar-refractivity contribution is 5.83. The van der Waals surface area contributed by atoms with E-state index in [2.05, 4.69) is 4.90 Å². The monoisotopic (exact) mass is 312 g/mol. The van der Waals surface area contributed by atoms with Gasteiger partial charge < -0.3 is 9.64 Å². The van der Waals surface area contributed by atoms with Crippen LogP contribution in [0.25, 0.3) is 0 Å². The third-order valence-electron chi connectivity index (χ3n) is 3.85. The maximum Gasteiger partial charge on any atom is 0.248 e. The molecular formula is C17H32N2O3. The van der Waals surface area contributed by atoms with Crippen molar-refractivity contribution < 1.29 is 14.3 Å². The first kappa shape index (κ1) is 19.1. The highest BCUT2D eigenvalue weighted by atomic mass is 16.5. The number of ether oxygens (including phenoxy) is 1. The number of nitrogens with zero attached hydrogens (tertiary/aromatic N) is 2. The Balaban J connectivity index is 2.29. The Bertz CT molecular complexity index is 386. The second kappa shape index (κ2) is 7.55. The van der Waals surface area contributed by atoms with Gasteiger partial charge in [-0.25, -0.2) is 0 Å². The van der Waals surface area contributed by atoms with E-state index in [1.807, 2.05) is 46.4 Å². The van der Waals surface area contributed by atoms with Gasteiger partial charge in [0.1, 0.15) is 12.4 Å². The van der Waals surface area contributed by atoms with Crippen molar-refractivity contribution in [3.8, 4) is 0 Å². The van der Waals surface area contributed by atoms with Gasteiger partial charge in [-0.1, -0.05) is 20.8 Å². The molecule has 0 aromatic carbocycles. The number of rotatable bonds is 5. The lowest BCUT2D eigenvalue weighted by molar-refractivity contribution is -0.143. The molecule has 1 fully saturated rings. The van der Waals surface area contributed by atoms with Crippen LogP contribution in [0.3, 0.4) is 0 Å². The molecule has 128 valence electrons. The van der Waals surface area contributed by atoms with Gasteiger partial charge in [0.25, 0.3) is 0 Å². The summed E-state index contributed by atoms with van der Waals surface area (Å²) in [5.74, 6) is 0.352. The Labute approximate surface area is 135 Å². The number of carbonyl (C=O) groups excluding carboxylic acids is 2. The summed E-state index contributed by atoms with van der Waals surface area (Å²) in [5, 5.41) is 0. The summed E-state index contributed by atoms with van der Waals surface area (Å²) in [6.07, 6.45) is 0.588. The number of Topliss-reactive ketones (excluding diaryl/α,β-unsaturated/α-hetero) is 1. The lowest BCUT2D eigenvalue weighted by Crippen LogP contribution is -2.50. The van der Waals surface area contributed by atoms with Crippen LogP contribution >= 0.6 is 0 Å². The Morgan fingerprint density at radius 1 is 0.955 bits per heavy atom. The van der Waals surface area contributed by atoms with Crippen molar-refractivity contribution in [1.29, 1.82) is 0 Å². The van der Waals surface area contributed by atoms with Gasteiger partial charge in [0.05, 0.1) is 5.60 Å². The van der Waals surface area contributed by atoms with Crippen LogP contribution in [0.5, 0.6) is 0 Å². The smallest absolute Gasteiger partial charge is 0.248 e. The van der Waals surface area contributed by atoms with Crippen LogP contribution in [-0.4, -0.2) is 66.4 Å². The number of hydrogen-bond donors (Lipinski definition) is 0. The summed E-state index contributed by atoms with van der Waals surface area (Å²) in [6.45, 7) is 15.8. The molecule has 5 heteroatoms. The van der Waals surface area contributed by atoms with Crippen molar-refractivity contribution in [3.63, 3.8) is 0 Å². The maximum atomic E-state index is 12.1. The minimum atomic E-state index is -0.287. The van der Waals surface area contributed by atoms with E-state index < -0.39 is 0 Å². The first-order chi connectivity index (χ1) is 9.99. The van der Waals surface area contributed by atoms with Gasteiger partial charge in [0.2, 0.25) is 5.91 Å². The van der Waals surface area contributed by atoms with Crippen LogP contribution in [0, 0.1) is 5.41 Å². The minimum absolute atomic E-state index is 0.0559. The van der Waals surface area contributed by atoms with E-state index in [1.165, 1.54) is 0 Å². The predicted molar refractivity (Wildman–Crippen MR) is 87.8 cm³/mol. The quantitative estimate of drug-likeness (QED) is 0.778. The fraction of sp³-hybridized carbons (Fsp3) is 0.882. The van der Waals surface area contributed by atoms with Crippen molar-refractivity contribution in [2.24, 2.45) is 5.41 Å². The molecule has 22 heavy (non-hydrogen) atoms. The second-order valence-corrected chi connectivity index (χ2v) is 8.05. The minimum Gasteiger partial charge on any atom is -0.366 e. The zero-order valence-electron chi connectivity index (χ0n) is 15.1. The third kappa shape index (κ3) is 6.88. The number of hydrogen-bond acceptors (Lipinski definition) is 4. The Morgan fingerprint density at radius 3 is 1.95 bits per heavy atom. The first-order valence-electron chi connectivity index (χ1n) is 8.16. The van der Waals surface area contributed by atoms with Crippen LogP contribution in [0.15, 0.2) is 0 Å². The van der Waals surface area contributed by atoms with E-state index >= 15 is 0 Å². The number of carbonyl (C=O) groups is 2. The summed E-state index contributed by atoms with van der Waals surface area (Å²) < 4.78 is 5.54. The SMILES string of the molecule is CC(C)(C)OCC(=O)N1CCN(CCC(=O)C(C)(C)C)CC1. The average molecular weight is 312 g/mol. The van der Waals surface area contributed by atoms with Crippen LogP contribution < -0.4 is 0 Å². The van der Waals surface area contributed by atoms with Gasteiger partial charge in [-0.2, -0.15) is 0 Å². The summed E-state index contributed by atoms with van der Waals surface area (Å²) in [4.78, 5) is 28.1. The Kier molecular flexibility index (Phi) is 6.56. The fourth-order valence-corrected chi connectivity index (χ4v) is 2.23. The summed E-state index contributed by atoms with van der Waals surface area (Å²) in [7, 11) is 0. The molecule has 0 saturated carbocycles. The molecule has 1 rings (SSSR count). The van der Waals surface area contributed by atoms with E-state index in [9.17, 15) is 9.59 Å². The highest BCUT2D eigenvalue weighted by Crippen LogP contribution is 2.17. The van der Waals surface area contributed by atoms with Crippen LogP contribution in [0.4, 0.5) is 0 Å². The van der Waals surface area contributed by atoms with E-state index in [0.717, 1.165) is 32.7 Å². The fourth-order valence-electron chi connectivity index (χ4n) is 2.23. The predicted octanol–water partition coefficient (Wildman–Crippen LogP) is 1.95. The van der Waals surface area contributed by atoms with Gasteiger partial charge in [0.15, 0.2) is 0 Å². The molecule has 1 heterocycles. The molecule has 0 aromatic heterocycles. The molecule has 0 bridgehead atoms. The van der Waals surface area contributed by atoms with Crippen molar-refractivity contribution >= 4 is 11.7 Å². The molecule has 0 unspecified atom stereocenters. The first-order valence-corrected chi connectivity index (χ1v) is 8.16. The molecular weight excluding hydrogens is 280 g/mol. The normalized spacial score (nSPS) is 17.6. The molecule has 0 aromatic rings. The molecule has 0 spiro atoms. The average Bonchev–Trinajstić information content (AvgIpc) is 2.40. The molecule has 1 aliphatic heterocycles. The molecule has 1 amide bonds. The lowest BCUT2D eigenvalue weighted by Gasteiger charge is -2.35. The van der Waals surface area contributed by atoms with Crippen LogP contribution in [0.2, 0.25) is 0 Å². The standard InChI is InChI=1S/C17H32N2O3/c1-16(2,3)14(20)7-8-18-9-11-19(12-10-18)15(21)13-22-17(4,5)6/h7-13H2,1-6H3. The van der Waals surface area contributed by atoms with Gasteiger partial charge in [-0.15, -0.1) is 0 Å². The Hall–Kier alpha value is -0.940. The molecule has 5 nitrogen and oxygen atoms in total. The summed E-state index contributed by atoms with van der Waals surface area (Å²) >= 11 is 0. The van der Waals surface area contributed by atoms with Gasteiger partial charge in [0, 0.05) is 44.6 Å². The summed E-state index contributed by atoms with van der Waals surface area (Å²) in [5.41, 5.74) is -0.549. The van der Waals surface area contributed by atoms with Gasteiger partial charge >= 0.3 is 0 Å². The molecule has 0 radical (unpaired) electrons. The van der Waals surface area contributed by atoms with Crippen LogP contribution in [-0.2, 0) is 14.3 Å². The topological polar surface area (TPSA) is 49.9 Å². The highest BCUT2D eigenvalue weighted by Gasteiger charge is 2.25. The van der Waals surface area contributed by atoms with E-state index in [4.69, 9.17) is 4.74 Å². The zero-order chi connectivity index (χ0) is 17.0. The lowest BCUT2D eigenvalue weighted by atomic mass is 9.89. The largest absolute Gasteiger partial charge is 0.366 e.